The van der Waals surface area contributed by atoms with Crippen LogP contribution in [-0.2, 0) is 6.18 Å². The molecule has 0 aliphatic rings. The number of alkyl halides is 3. The Morgan fingerprint density at radius 1 is 0.833 bits per heavy atom. The highest BCUT2D eigenvalue weighted by atomic mass is 19.4. The maximum atomic E-state index is 12.9. The molecule has 0 bridgehead atoms. The van der Waals surface area contributed by atoms with Crippen LogP contribution < -0.4 is 15.6 Å². The van der Waals surface area contributed by atoms with E-state index in [1.165, 1.54) is 22.8 Å². The van der Waals surface area contributed by atoms with Crippen molar-refractivity contribution in [2.75, 3.05) is 5.32 Å². The lowest BCUT2D eigenvalue weighted by Crippen LogP contribution is -2.18. The molecule has 2 aromatic heterocycles. The first-order valence-corrected chi connectivity index (χ1v) is 10.8. The van der Waals surface area contributed by atoms with Gasteiger partial charge in [0.2, 0.25) is 0 Å². The molecule has 0 radical (unpaired) electrons. The van der Waals surface area contributed by atoms with Crippen molar-refractivity contribution in [2.24, 2.45) is 0 Å². The molecular weight excluding hydrogens is 471 g/mol. The summed E-state index contributed by atoms with van der Waals surface area (Å²) in [6.45, 7) is 0. The lowest BCUT2D eigenvalue weighted by atomic mass is 10.2. The molecule has 0 saturated carbocycles. The Bertz CT molecular complexity index is 1610. The van der Waals surface area contributed by atoms with E-state index in [-0.39, 0.29) is 17.0 Å². The highest BCUT2D eigenvalue weighted by molar-refractivity contribution is 6.05. The second kappa shape index (κ2) is 9.10. The fourth-order valence-corrected chi connectivity index (χ4v) is 3.76. The molecule has 0 aliphatic carbocycles. The number of aromatic amines is 1. The molecule has 6 nitrogen and oxygen atoms in total. The Kier molecular flexibility index (Phi) is 5.81. The highest BCUT2D eigenvalue weighted by Crippen LogP contribution is 2.30. The standard InChI is InChI=1S/C27H18F3N3O3/c28-27(29,30)18-10-12-20(13-11-18)33-24(34)14-9-17-15-23(32-25(17)33)26(35)31-19-5-4-8-22(16-19)36-21-6-2-1-3-7-21/h1-16,32H,(H,31,35). The van der Waals surface area contributed by atoms with E-state index in [0.29, 0.717) is 22.6 Å². The quantitative estimate of drug-likeness (QED) is 0.301. The third-order valence-electron chi connectivity index (χ3n) is 5.44. The van der Waals surface area contributed by atoms with Gasteiger partial charge in [0.05, 0.1) is 11.3 Å². The number of pyridine rings is 1. The zero-order valence-corrected chi connectivity index (χ0v) is 18.5. The van der Waals surface area contributed by atoms with Gasteiger partial charge in [-0.15, -0.1) is 0 Å². The monoisotopic (exact) mass is 489 g/mol. The number of hydrogen-bond acceptors (Lipinski definition) is 3. The van der Waals surface area contributed by atoms with Crippen LogP contribution in [0.4, 0.5) is 18.9 Å². The minimum atomic E-state index is -4.49. The van der Waals surface area contributed by atoms with E-state index in [4.69, 9.17) is 4.74 Å². The molecule has 1 amide bonds. The van der Waals surface area contributed by atoms with Crippen molar-refractivity contribution in [3.8, 4) is 17.2 Å². The van der Waals surface area contributed by atoms with Gasteiger partial charge >= 0.3 is 6.18 Å². The zero-order valence-electron chi connectivity index (χ0n) is 18.5. The van der Waals surface area contributed by atoms with Crippen LogP contribution in [-0.4, -0.2) is 15.5 Å². The average molecular weight is 489 g/mol. The van der Waals surface area contributed by atoms with Crippen molar-refractivity contribution in [2.45, 2.75) is 6.18 Å². The van der Waals surface area contributed by atoms with Gasteiger partial charge in [-0.2, -0.15) is 13.2 Å². The summed E-state index contributed by atoms with van der Waals surface area (Å²) in [6, 6.07) is 24.7. The van der Waals surface area contributed by atoms with Gasteiger partial charge in [0.25, 0.3) is 11.5 Å². The fourth-order valence-electron chi connectivity index (χ4n) is 3.76. The van der Waals surface area contributed by atoms with Crippen molar-refractivity contribution in [3.05, 3.63) is 119 Å². The molecule has 3 aromatic carbocycles. The van der Waals surface area contributed by atoms with Gasteiger partial charge < -0.3 is 15.0 Å². The van der Waals surface area contributed by atoms with E-state index in [0.717, 1.165) is 12.1 Å². The molecule has 0 fully saturated rings. The summed E-state index contributed by atoms with van der Waals surface area (Å²) in [5, 5.41) is 3.32. The van der Waals surface area contributed by atoms with Gasteiger partial charge in [0.15, 0.2) is 0 Å². The summed E-state index contributed by atoms with van der Waals surface area (Å²) in [4.78, 5) is 28.4. The second-order valence-corrected chi connectivity index (χ2v) is 7.94. The van der Waals surface area contributed by atoms with Crippen molar-refractivity contribution in [1.82, 2.24) is 9.55 Å². The number of nitrogens with zero attached hydrogens (tertiary/aromatic N) is 1. The number of H-pyrrole nitrogens is 1. The summed E-state index contributed by atoms with van der Waals surface area (Å²) < 4.78 is 45.8. The third kappa shape index (κ3) is 4.72. The minimum Gasteiger partial charge on any atom is -0.457 e. The van der Waals surface area contributed by atoms with Gasteiger partial charge in [-0.1, -0.05) is 24.3 Å². The predicted molar refractivity (Wildman–Crippen MR) is 130 cm³/mol. The Hall–Kier alpha value is -4.79. The minimum absolute atomic E-state index is 0.172. The first kappa shape index (κ1) is 23.0. The number of aromatic nitrogens is 2. The van der Waals surface area contributed by atoms with Gasteiger partial charge in [-0.05, 0) is 60.7 Å². The molecule has 2 N–H and O–H groups in total. The van der Waals surface area contributed by atoms with Crippen molar-refractivity contribution < 1.29 is 22.7 Å². The van der Waals surface area contributed by atoms with Crippen LogP contribution in [0.15, 0.2) is 102 Å². The van der Waals surface area contributed by atoms with Gasteiger partial charge in [0, 0.05) is 23.2 Å². The summed E-state index contributed by atoms with van der Waals surface area (Å²) in [5.74, 6) is 0.721. The average Bonchev–Trinajstić information content (AvgIpc) is 3.29. The van der Waals surface area contributed by atoms with E-state index >= 15 is 0 Å². The van der Waals surface area contributed by atoms with E-state index in [9.17, 15) is 22.8 Å². The van der Waals surface area contributed by atoms with Crippen LogP contribution in [0.5, 0.6) is 11.5 Å². The molecule has 0 spiro atoms. The van der Waals surface area contributed by atoms with Crippen molar-refractivity contribution >= 4 is 22.6 Å². The van der Waals surface area contributed by atoms with Crippen LogP contribution in [0.25, 0.3) is 16.7 Å². The molecule has 5 rings (SSSR count). The predicted octanol–water partition coefficient (Wildman–Crippen LogP) is 6.38. The fraction of sp³-hybridized carbons (Fsp3) is 0.0370. The number of amides is 1. The highest BCUT2D eigenvalue weighted by Gasteiger charge is 2.30. The first-order valence-electron chi connectivity index (χ1n) is 10.8. The van der Waals surface area contributed by atoms with Crippen LogP contribution in [0.2, 0.25) is 0 Å². The lowest BCUT2D eigenvalue weighted by molar-refractivity contribution is -0.137. The number of fused-ring (bicyclic) bond motifs is 1. The first-order chi connectivity index (χ1) is 17.3. The number of nitrogens with one attached hydrogen (secondary N) is 2. The van der Waals surface area contributed by atoms with E-state index in [2.05, 4.69) is 10.3 Å². The van der Waals surface area contributed by atoms with Crippen molar-refractivity contribution in [1.29, 1.82) is 0 Å². The molecule has 9 heteroatoms. The number of carbonyl (C=O) groups is 1. The Morgan fingerprint density at radius 3 is 2.28 bits per heavy atom. The lowest BCUT2D eigenvalue weighted by Gasteiger charge is -2.10. The van der Waals surface area contributed by atoms with Crippen LogP contribution in [0, 0.1) is 0 Å². The van der Waals surface area contributed by atoms with Gasteiger partial charge in [-0.25, -0.2) is 0 Å². The number of anilines is 1. The second-order valence-electron chi connectivity index (χ2n) is 7.94. The molecule has 0 atom stereocenters. The van der Waals surface area contributed by atoms with Gasteiger partial charge in [-0.3, -0.25) is 14.2 Å². The number of para-hydroxylation sites is 1. The maximum absolute atomic E-state index is 12.9. The molecule has 36 heavy (non-hydrogen) atoms. The van der Waals surface area contributed by atoms with Crippen LogP contribution >= 0.6 is 0 Å². The molecule has 0 saturated heterocycles. The van der Waals surface area contributed by atoms with Crippen molar-refractivity contribution in [3.63, 3.8) is 0 Å². The summed E-state index contributed by atoms with van der Waals surface area (Å²) in [6.07, 6.45) is -4.49. The number of benzene rings is 3. The Morgan fingerprint density at radius 2 is 1.56 bits per heavy atom. The molecule has 0 unspecified atom stereocenters. The van der Waals surface area contributed by atoms with Crippen LogP contribution in [0.1, 0.15) is 16.1 Å². The smallest absolute Gasteiger partial charge is 0.416 e. The largest absolute Gasteiger partial charge is 0.457 e. The summed E-state index contributed by atoms with van der Waals surface area (Å²) >= 11 is 0. The molecule has 0 aliphatic heterocycles. The molecule has 2 heterocycles. The van der Waals surface area contributed by atoms with Crippen LogP contribution in [0.3, 0.4) is 0 Å². The summed E-state index contributed by atoms with van der Waals surface area (Å²) in [7, 11) is 0. The Labute approximate surface area is 202 Å². The Balaban J connectivity index is 1.42. The van der Waals surface area contributed by atoms with E-state index in [1.54, 1.807) is 36.4 Å². The number of ether oxygens (including phenoxy) is 1. The number of rotatable bonds is 5. The molecule has 180 valence electrons. The SMILES string of the molecule is O=C(Nc1cccc(Oc2ccccc2)c1)c1cc2ccc(=O)n(-c3ccc(C(F)(F)F)cc3)c2[nH]1. The molecule has 5 aromatic rings. The van der Waals surface area contributed by atoms with Gasteiger partial charge in [0.1, 0.15) is 22.8 Å². The summed E-state index contributed by atoms with van der Waals surface area (Å²) in [5.41, 5.74) is -0.0945. The van der Waals surface area contributed by atoms with E-state index < -0.39 is 23.2 Å². The number of halogens is 3. The van der Waals surface area contributed by atoms with E-state index in [1.807, 2.05) is 30.3 Å². The topological polar surface area (TPSA) is 76.1 Å². The number of hydrogen-bond donors (Lipinski definition) is 2. The third-order valence-corrected chi connectivity index (χ3v) is 5.44. The maximum Gasteiger partial charge on any atom is 0.416 e. The zero-order chi connectivity index (χ0) is 25.3. The number of carbonyl (C=O) groups excluding carboxylic acids is 1. The normalized spacial score (nSPS) is 11.4. The molecular formula is C27H18F3N3O3.